The lowest BCUT2D eigenvalue weighted by Crippen LogP contribution is -2.45. The van der Waals surface area contributed by atoms with Gasteiger partial charge in [0.25, 0.3) is 0 Å². The molecule has 1 aliphatic heterocycles. The number of halogens is 1. The number of hydrazone groups is 1. The van der Waals surface area contributed by atoms with Crippen LogP contribution in [0.25, 0.3) is 0 Å². The van der Waals surface area contributed by atoms with E-state index in [0.717, 1.165) is 0 Å². The molecule has 13 heteroatoms. The first-order chi connectivity index (χ1) is 18.7. The topological polar surface area (TPSA) is 149 Å². The van der Waals surface area contributed by atoms with E-state index in [-0.39, 0.29) is 12.2 Å². The molecule has 0 fully saturated rings. The number of urea groups is 1. The molecule has 2 aromatic rings. The van der Waals surface area contributed by atoms with Crippen molar-refractivity contribution in [3.8, 4) is 23.0 Å². The number of allylic oxidation sites excluding steroid dienone is 1. The summed E-state index contributed by atoms with van der Waals surface area (Å²) in [5.41, 5.74) is 4.55. The number of hydrogen-bond acceptors (Lipinski definition) is 10. The van der Waals surface area contributed by atoms with E-state index in [2.05, 4.69) is 37.1 Å². The molecule has 1 aliphatic rings. The van der Waals surface area contributed by atoms with Gasteiger partial charge >= 0.3 is 12.0 Å². The number of ether oxygens (including phenoxy) is 5. The van der Waals surface area contributed by atoms with Crippen LogP contribution in [-0.4, -0.2) is 64.1 Å². The number of nitrogens with one attached hydrogen (secondary N) is 3. The molecule has 2 aromatic carbocycles. The second kappa shape index (κ2) is 13.7. The van der Waals surface area contributed by atoms with Gasteiger partial charge in [0.2, 0.25) is 0 Å². The van der Waals surface area contributed by atoms with Crippen molar-refractivity contribution in [2.24, 2.45) is 5.10 Å². The van der Waals surface area contributed by atoms with Gasteiger partial charge in [-0.25, -0.2) is 9.59 Å². The van der Waals surface area contributed by atoms with Crippen molar-refractivity contribution >= 4 is 34.1 Å². The smallest absolute Gasteiger partial charge is 0.337 e. The first-order valence-corrected chi connectivity index (χ1v) is 12.7. The highest BCUT2D eigenvalue weighted by molar-refractivity contribution is 9.10. The van der Waals surface area contributed by atoms with Gasteiger partial charge < -0.3 is 39.4 Å². The number of methoxy groups -OCH3 is 3. The summed E-state index contributed by atoms with van der Waals surface area (Å²) in [4.78, 5) is 24.5. The number of esters is 1. The van der Waals surface area contributed by atoms with Crippen molar-refractivity contribution < 1.29 is 38.4 Å². The van der Waals surface area contributed by atoms with Crippen molar-refractivity contribution in [3.63, 3.8) is 0 Å². The molecule has 39 heavy (non-hydrogen) atoms. The molecule has 0 radical (unpaired) electrons. The molecule has 2 amide bonds. The van der Waals surface area contributed by atoms with E-state index in [1.165, 1.54) is 20.4 Å². The van der Waals surface area contributed by atoms with Crippen molar-refractivity contribution in [3.05, 3.63) is 57.2 Å². The van der Waals surface area contributed by atoms with Gasteiger partial charge in [0.05, 0.1) is 50.2 Å². The molecule has 3 rings (SSSR count). The van der Waals surface area contributed by atoms with Crippen LogP contribution in [0.5, 0.6) is 23.0 Å². The second-order valence-electron chi connectivity index (χ2n) is 8.15. The Balaban J connectivity index is 1.70. The molecule has 4 N–H and O–H groups in total. The lowest BCUT2D eigenvalue weighted by molar-refractivity contribution is -0.136. The van der Waals surface area contributed by atoms with Gasteiger partial charge in [-0.05, 0) is 65.2 Å². The fourth-order valence-corrected chi connectivity index (χ4v) is 4.45. The Bertz CT molecular complexity index is 1270. The van der Waals surface area contributed by atoms with E-state index < -0.39 is 24.3 Å². The predicted octanol–water partition coefficient (Wildman–Crippen LogP) is 2.99. The molecule has 1 heterocycles. The third-order valence-corrected chi connectivity index (χ3v) is 6.15. The zero-order valence-corrected chi connectivity index (χ0v) is 23.7. The van der Waals surface area contributed by atoms with Crippen LogP contribution < -0.4 is 35.0 Å². The maximum atomic E-state index is 12.4. The summed E-state index contributed by atoms with van der Waals surface area (Å²) in [6, 6.07) is 7.32. The molecule has 12 nitrogen and oxygen atoms in total. The Hall–Kier alpha value is -3.97. The highest BCUT2D eigenvalue weighted by Crippen LogP contribution is 2.36. The average Bonchev–Trinajstić information content (AvgIpc) is 2.91. The zero-order chi connectivity index (χ0) is 28.5. The van der Waals surface area contributed by atoms with E-state index in [1.807, 2.05) is 6.92 Å². The van der Waals surface area contributed by atoms with E-state index in [0.29, 0.717) is 50.9 Å². The van der Waals surface area contributed by atoms with E-state index in [9.17, 15) is 14.7 Å². The van der Waals surface area contributed by atoms with Crippen LogP contribution in [0.1, 0.15) is 31.0 Å². The van der Waals surface area contributed by atoms with Crippen LogP contribution in [0.15, 0.2) is 51.2 Å². The van der Waals surface area contributed by atoms with Gasteiger partial charge in [-0.15, -0.1) is 0 Å². The van der Waals surface area contributed by atoms with Gasteiger partial charge in [0, 0.05) is 5.70 Å². The van der Waals surface area contributed by atoms with Crippen LogP contribution in [0.2, 0.25) is 0 Å². The van der Waals surface area contributed by atoms with Crippen molar-refractivity contribution in [2.45, 2.75) is 26.1 Å². The number of hydrogen-bond donors (Lipinski definition) is 4. The molecule has 0 saturated carbocycles. The normalized spacial score (nSPS) is 15.8. The molecule has 0 spiro atoms. The van der Waals surface area contributed by atoms with Crippen LogP contribution in [0.3, 0.4) is 0 Å². The summed E-state index contributed by atoms with van der Waals surface area (Å²) in [7, 11) is 4.35. The molecular formula is C26H31BrN4O8. The number of benzene rings is 2. The maximum absolute atomic E-state index is 12.4. The Morgan fingerprint density at radius 1 is 1.15 bits per heavy atom. The van der Waals surface area contributed by atoms with Gasteiger partial charge in [0.1, 0.15) is 6.61 Å². The SMILES string of the molecule is CCOc1cc([C@@H]2NC(=O)NC(C)=C2C(=O)OC)ccc1OC[C@H](O)N/N=C/c1cc(Br)c(OC)c(OC)c1. The zero-order valence-electron chi connectivity index (χ0n) is 22.2. The fraction of sp³-hybridized carbons (Fsp3) is 0.346. The third-order valence-electron chi connectivity index (χ3n) is 5.57. The first kappa shape index (κ1) is 29.6. The van der Waals surface area contributed by atoms with Crippen molar-refractivity contribution in [1.82, 2.24) is 16.1 Å². The summed E-state index contributed by atoms with van der Waals surface area (Å²) in [5.74, 6) is 1.24. The highest BCUT2D eigenvalue weighted by atomic mass is 79.9. The van der Waals surface area contributed by atoms with Gasteiger partial charge in [-0.3, -0.25) is 5.43 Å². The minimum Gasteiger partial charge on any atom is -0.493 e. The minimum absolute atomic E-state index is 0.150. The molecule has 0 saturated heterocycles. The largest absolute Gasteiger partial charge is 0.493 e. The molecule has 210 valence electrons. The fourth-order valence-electron chi connectivity index (χ4n) is 3.83. The van der Waals surface area contributed by atoms with Crippen LogP contribution >= 0.6 is 15.9 Å². The summed E-state index contributed by atoms with van der Waals surface area (Å²) >= 11 is 3.42. The lowest BCUT2D eigenvalue weighted by atomic mass is 9.95. The van der Waals surface area contributed by atoms with Gasteiger partial charge in [-0.1, -0.05) is 6.07 Å². The number of aliphatic hydroxyl groups excluding tert-OH is 1. The maximum Gasteiger partial charge on any atom is 0.337 e. The monoisotopic (exact) mass is 606 g/mol. The number of amides is 2. The molecule has 2 atom stereocenters. The van der Waals surface area contributed by atoms with E-state index in [1.54, 1.807) is 44.4 Å². The first-order valence-electron chi connectivity index (χ1n) is 11.9. The summed E-state index contributed by atoms with van der Waals surface area (Å²) < 4.78 is 27.7. The van der Waals surface area contributed by atoms with Crippen molar-refractivity contribution in [1.29, 1.82) is 0 Å². The summed E-state index contributed by atoms with van der Waals surface area (Å²) in [6.45, 7) is 3.62. The number of rotatable bonds is 12. The Kier molecular flexibility index (Phi) is 10.4. The standard InChI is InChI=1S/C26H31BrN4O8/c1-6-38-19-11-16(23-22(25(33)37-5)14(2)29-26(34)30-23)7-8-18(19)39-13-21(32)31-28-12-15-9-17(27)24(36-4)20(10-15)35-3/h7-12,21,23,31-32H,6,13H2,1-5H3,(H2,29,30,34)/b28-12+/t21-,23-/m0/s1. The van der Waals surface area contributed by atoms with Crippen LogP contribution in [-0.2, 0) is 9.53 Å². The molecule has 0 unspecified atom stereocenters. The van der Waals surface area contributed by atoms with E-state index in [4.69, 9.17) is 23.7 Å². The van der Waals surface area contributed by atoms with Crippen LogP contribution in [0, 0.1) is 0 Å². The average molecular weight is 607 g/mol. The minimum atomic E-state index is -1.14. The predicted molar refractivity (Wildman–Crippen MR) is 146 cm³/mol. The van der Waals surface area contributed by atoms with Crippen LogP contribution in [0.4, 0.5) is 4.79 Å². The molecule has 0 aromatic heterocycles. The lowest BCUT2D eigenvalue weighted by Gasteiger charge is -2.28. The number of carbonyl (C=O) groups is 2. The second-order valence-corrected chi connectivity index (χ2v) is 9.01. The van der Waals surface area contributed by atoms with Gasteiger partial charge in [-0.2, -0.15) is 5.10 Å². The Morgan fingerprint density at radius 2 is 1.92 bits per heavy atom. The number of aliphatic hydroxyl groups is 1. The third kappa shape index (κ3) is 7.33. The number of carbonyl (C=O) groups excluding carboxylic acids is 2. The molecular weight excluding hydrogens is 576 g/mol. The quantitative estimate of drug-likeness (QED) is 0.124. The molecule has 0 aliphatic carbocycles. The van der Waals surface area contributed by atoms with E-state index >= 15 is 0 Å². The van der Waals surface area contributed by atoms with Gasteiger partial charge in [0.15, 0.2) is 29.2 Å². The Labute approximate surface area is 234 Å². The Morgan fingerprint density at radius 3 is 2.59 bits per heavy atom. The molecule has 0 bridgehead atoms. The highest BCUT2D eigenvalue weighted by Gasteiger charge is 2.32. The number of nitrogens with zero attached hydrogens (tertiary/aromatic N) is 1. The summed E-state index contributed by atoms with van der Waals surface area (Å²) in [5, 5.41) is 19.7. The van der Waals surface area contributed by atoms with Crippen molar-refractivity contribution in [2.75, 3.05) is 34.5 Å². The summed E-state index contributed by atoms with van der Waals surface area (Å²) in [6.07, 6.45) is 0.372.